The number of esters is 1. The van der Waals surface area contributed by atoms with Gasteiger partial charge in [-0.25, -0.2) is 0 Å². The second-order valence-electron chi connectivity index (χ2n) is 3.01. The molecule has 1 rings (SSSR count). The Bertz CT molecular complexity index is 156. The summed E-state index contributed by atoms with van der Waals surface area (Å²) in [5.74, 6) is -0.249. The van der Waals surface area contributed by atoms with E-state index in [1.54, 1.807) is 0 Å². The summed E-state index contributed by atoms with van der Waals surface area (Å²) in [7, 11) is 1.37. The highest BCUT2D eigenvalue weighted by atomic mass is 16.5. The molecule has 0 aromatic rings. The Hall–Kier alpha value is -0.610. The number of aliphatic hydroxyl groups excluding tert-OH is 1. The fourth-order valence-electron chi connectivity index (χ4n) is 1.29. The Morgan fingerprint density at radius 1 is 1.67 bits per heavy atom. The Morgan fingerprint density at radius 3 is 2.67 bits per heavy atom. The number of likely N-dealkylation sites (tertiary alicyclic amines) is 1. The van der Waals surface area contributed by atoms with Gasteiger partial charge in [0.1, 0.15) is 0 Å². The number of hydrogen-bond acceptors (Lipinski definition) is 4. The highest BCUT2D eigenvalue weighted by Gasteiger charge is 2.25. The summed E-state index contributed by atoms with van der Waals surface area (Å²) in [5.41, 5.74) is 0. The van der Waals surface area contributed by atoms with Crippen LogP contribution < -0.4 is 0 Å². The number of carbonyl (C=O) groups is 1. The average Bonchev–Trinajstić information content (AvgIpc) is 1.99. The Morgan fingerprint density at radius 2 is 2.33 bits per heavy atom. The van der Waals surface area contributed by atoms with Crippen molar-refractivity contribution in [2.45, 2.75) is 18.9 Å². The van der Waals surface area contributed by atoms with Gasteiger partial charge in [-0.05, 0) is 19.5 Å². The van der Waals surface area contributed by atoms with Gasteiger partial charge in [0.2, 0.25) is 0 Å². The molecule has 1 heterocycles. The number of ether oxygens (including phenoxy) is 1. The molecule has 1 aliphatic heterocycles. The summed E-state index contributed by atoms with van der Waals surface area (Å²) in [6, 6.07) is -0.0359. The molecular weight excluding hydrogens is 158 g/mol. The van der Waals surface area contributed by atoms with Crippen molar-refractivity contribution in [2.75, 3.05) is 26.8 Å². The minimum Gasteiger partial charge on any atom is -0.469 e. The van der Waals surface area contributed by atoms with Crippen molar-refractivity contribution in [1.29, 1.82) is 0 Å². The molecule has 70 valence electrons. The van der Waals surface area contributed by atoms with Gasteiger partial charge < -0.3 is 9.84 Å². The van der Waals surface area contributed by atoms with Gasteiger partial charge in [-0.3, -0.25) is 9.69 Å². The van der Waals surface area contributed by atoms with E-state index < -0.39 is 0 Å². The molecule has 4 heteroatoms. The van der Waals surface area contributed by atoms with Crippen molar-refractivity contribution in [3.8, 4) is 0 Å². The van der Waals surface area contributed by atoms with E-state index in [0.29, 0.717) is 6.42 Å². The molecule has 12 heavy (non-hydrogen) atoms. The molecule has 0 radical (unpaired) electrons. The summed E-state index contributed by atoms with van der Waals surface area (Å²) >= 11 is 0. The number of aliphatic hydroxyl groups is 1. The second kappa shape index (κ2) is 4.42. The predicted molar refractivity (Wildman–Crippen MR) is 43.7 cm³/mol. The zero-order chi connectivity index (χ0) is 8.97. The van der Waals surface area contributed by atoms with E-state index in [9.17, 15) is 4.79 Å². The molecule has 0 bridgehead atoms. The smallest absolute Gasteiger partial charge is 0.307 e. The topological polar surface area (TPSA) is 49.8 Å². The van der Waals surface area contributed by atoms with E-state index in [1.165, 1.54) is 7.11 Å². The summed E-state index contributed by atoms with van der Waals surface area (Å²) in [5, 5.41) is 8.96. The summed E-state index contributed by atoms with van der Waals surface area (Å²) in [6.07, 6.45) is 1.46. The molecule has 0 spiro atoms. The van der Waals surface area contributed by atoms with Crippen LogP contribution in [0.1, 0.15) is 12.8 Å². The third-order valence-electron chi connectivity index (χ3n) is 2.25. The summed E-state index contributed by atoms with van der Waals surface area (Å²) < 4.78 is 4.52. The van der Waals surface area contributed by atoms with Crippen molar-refractivity contribution in [3.63, 3.8) is 0 Å². The SMILES string of the molecule is COC(=O)CC(CO)N1CCC1. The van der Waals surface area contributed by atoms with Gasteiger partial charge in [-0.2, -0.15) is 0 Å². The molecule has 1 aliphatic rings. The van der Waals surface area contributed by atoms with Gasteiger partial charge in [0.15, 0.2) is 0 Å². The number of nitrogens with zero attached hydrogens (tertiary/aromatic N) is 1. The van der Waals surface area contributed by atoms with Crippen molar-refractivity contribution < 1.29 is 14.6 Å². The first kappa shape index (κ1) is 9.48. The van der Waals surface area contributed by atoms with Crippen molar-refractivity contribution in [2.24, 2.45) is 0 Å². The first-order chi connectivity index (χ1) is 5.77. The van der Waals surface area contributed by atoms with Gasteiger partial charge in [0, 0.05) is 6.04 Å². The lowest BCUT2D eigenvalue weighted by Crippen LogP contribution is -2.47. The zero-order valence-corrected chi connectivity index (χ0v) is 7.32. The molecular formula is C8H15NO3. The molecule has 0 aromatic heterocycles. The molecule has 0 aromatic carbocycles. The lowest BCUT2D eigenvalue weighted by molar-refractivity contribution is -0.143. The van der Waals surface area contributed by atoms with Gasteiger partial charge in [0.25, 0.3) is 0 Å². The number of carbonyl (C=O) groups excluding carboxylic acids is 1. The van der Waals surface area contributed by atoms with Crippen LogP contribution in [0.2, 0.25) is 0 Å². The highest BCUT2D eigenvalue weighted by molar-refractivity contribution is 5.69. The summed E-state index contributed by atoms with van der Waals surface area (Å²) in [6.45, 7) is 2.01. The third kappa shape index (κ3) is 2.19. The van der Waals surface area contributed by atoms with Crippen molar-refractivity contribution in [1.82, 2.24) is 4.90 Å². The van der Waals surface area contributed by atoms with E-state index in [2.05, 4.69) is 9.64 Å². The maximum Gasteiger partial charge on any atom is 0.307 e. The van der Waals surface area contributed by atoms with Crippen molar-refractivity contribution >= 4 is 5.97 Å². The van der Waals surface area contributed by atoms with E-state index >= 15 is 0 Å². The van der Waals surface area contributed by atoms with Crippen molar-refractivity contribution in [3.05, 3.63) is 0 Å². The molecule has 0 amide bonds. The van der Waals surface area contributed by atoms with Gasteiger partial charge in [0.05, 0.1) is 20.1 Å². The molecule has 4 nitrogen and oxygen atoms in total. The minimum absolute atomic E-state index is 0.0359. The largest absolute Gasteiger partial charge is 0.469 e. The van der Waals surface area contributed by atoms with E-state index in [-0.39, 0.29) is 18.6 Å². The lowest BCUT2D eigenvalue weighted by Gasteiger charge is -2.36. The number of methoxy groups -OCH3 is 1. The summed E-state index contributed by atoms with van der Waals surface area (Å²) in [4.78, 5) is 13.0. The highest BCUT2D eigenvalue weighted by Crippen LogP contribution is 2.13. The molecule has 1 atom stereocenters. The molecule has 0 aliphatic carbocycles. The first-order valence-electron chi connectivity index (χ1n) is 4.19. The van der Waals surface area contributed by atoms with Gasteiger partial charge in [-0.1, -0.05) is 0 Å². The van der Waals surface area contributed by atoms with Crippen LogP contribution in [0.15, 0.2) is 0 Å². The molecule has 1 fully saturated rings. The van der Waals surface area contributed by atoms with Crippen LogP contribution in [0.4, 0.5) is 0 Å². The molecule has 1 N–H and O–H groups in total. The van der Waals surface area contributed by atoms with E-state index in [4.69, 9.17) is 5.11 Å². The zero-order valence-electron chi connectivity index (χ0n) is 7.32. The van der Waals surface area contributed by atoms with Crippen LogP contribution >= 0.6 is 0 Å². The normalized spacial score (nSPS) is 19.8. The second-order valence-corrected chi connectivity index (χ2v) is 3.01. The van der Waals surface area contributed by atoms with Crippen LogP contribution in [0.5, 0.6) is 0 Å². The fraction of sp³-hybridized carbons (Fsp3) is 0.875. The Labute approximate surface area is 72.1 Å². The fourth-order valence-corrected chi connectivity index (χ4v) is 1.29. The van der Waals surface area contributed by atoms with Gasteiger partial charge >= 0.3 is 5.97 Å². The van der Waals surface area contributed by atoms with E-state index in [1.807, 2.05) is 0 Å². The Kier molecular flexibility index (Phi) is 3.49. The Balaban J connectivity index is 2.29. The van der Waals surface area contributed by atoms with Crippen LogP contribution in [-0.4, -0.2) is 48.8 Å². The minimum atomic E-state index is -0.249. The third-order valence-corrected chi connectivity index (χ3v) is 2.25. The van der Waals surface area contributed by atoms with E-state index in [0.717, 1.165) is 19.5 Å². The van der Waals surface area contributed by atoms with Crippen LogP contribution in [0.25, 0.3) is 0 Å². The van der Waals surface area contributed by atoms with Crippen LogP contribution in [0.3, 0.4) is 0 Å². The predicted octanol–water partition coefficient (Wildman–Crippen LogP) is -0.384. The maximum absolute atomic E-state index is 10.9. The lowest BCUT2D eigenvalue weighted by atomic mass is 10.1. The first-order valence-corrected chi connectivity index (χ1v) is 4.19. The quantitative estimate of drug-likeness (QED) is 0.588. The maximum atomic E-state index is 10.9. The number of hydrogen-bond donors (Lipinski definition) is 1. The average molecular weight is 173 g/mol. The molecule has 1 saturated heterocycles. The van der Waals surface area contributed by atoms with Gasteiger partial charge in [-0.15, -0.1) is 0 Å². The van der Waals surface area contributed by atoms with Crippen LogP contribution in [-0.2, 0) is 9.53 Å². The number of rotatable bonds is 4. The monoisotopic (exact) mass is 173 g/mol. The molecule has 1 unspecified atom stereocenters. The van der Waals surface area contributed by atoms with Crippen LogP contribution in [0, 0.1) is 0 Å². The standard InChI is InChI=1S/C8H15NO3/c1-12-8(11)5-7(6-10)9-3-2-4-9/h7,10H,2-6H2,1H3. The molecule has 0 saturated carbocycles.